The standard InChI is InChI=1S/C34H45F3INO3Si/c1-20(2)29-27-28(26-23(39-29)17-32(13-8-14-32)18-24(26)42-43(6,7)31(3,4)5)33(15-16-40-19-25(33)38)41-30(27)21-9-11-22(12-10-21)34(35,36)37/h9-12,20,24-25,30H,8,13-19H2,1-7H3/t24?,25?,30-,33?/m1/s1. The Morgan fingerprint density at radius 1 is 1.05 bits per heavy atom. The third-order valence-corrected chi connectivity index (χ3v) is 16.9. The molecule has 1 aromatic carbocycles. The van der Waals surface area contributed by atoms with E-state index in [9.17, 15) is 13.2 Å². The van der Waals surface area contributed by atoms with E-state index < -0.39 is 31.8 Å². The monoisotopic (exact) mass is 727 g/mol. The van der Waals surface area contributed by atoms with E-state index in [0.717, 1.165) is 35.4 Å². The number of halogens is 4. The van der Waals surface area contributed by atoms with Crippen LogP contribution < -0.4 is 0 Å². The average molecular weight is 728 g/mol. The first-order valence-electron chi connectivity index (χ1n) is 15.8. The molecule has 3 unspecified atom stereocenters. The largest absolute Gasteiger partial charge is 0.416 e. The zero-order valence-electron chi connectivity index (χ0n) is 26.5. The molecule has 3 heterocycles. The van der Waals surface area contributed by atoms with Gasteiger partial charge in [-0.1, -0.05) is 75.8 Å². The zero-order valence-corrected chi connectivity index (χ0v) is 29.6. The Bertz CT molecular complexity index is 1380. The van der Waals surface area contributed by atoms with Crippen LogP contribution in [0.2, 0.25) is 18.1 Å². The Morgan fingerprint density at radius 2 is 1.72 bits per heavy atom. The molecule has 1 aromatic heterocycles. The predicted molar refractivity (Wildman–Crippen MR) is 173 cm³/mol. The third-order valence-electron chi connectivity index (χ3n) is 11.0. The van der Waals surface area contributed by atoms with Gasteiger partial charge < -0.3 is 13.9 Å². The molecule has 4 aliphatic rings. The van der Waals surface area contributed by atoms with Gasteiger partial charge in [0.2, 0.25) is 0 Å². The van der Waals surface area contributed by atoms with Gasteiger partial charge in [0.15, 0.2) is 8.32 Å². The molecule has 4 nitrogen and oxygen atoms in total. The first kappa shape index (κ1) is 31.9. The summed E-state index contributed by atoms with van der Waals surface area (Å²) in [5.74, 6) is 0.126. The number of hydrogen-bond donors (Lipinski definition) is 0. The summed E-state index contributed by atoms with van der Waals surface area (Å²) in [4.78, 5) is 5.48. The van der Waals surface area contributed by atoms with Crippen LogP contribution in [0.4, 0.5) is 13.2 Å². The lowest BCUT2D eigenvalue weighted by molar-refractivity contribution is -0.137. The van der Waals surface area contributed by atoms with E-state index in [1.807, 2.05) is 0 Å². The van der Waals surface area contributed by atoms with E-state index >= 15 is 0 Å². The second kappa shape index (κ2) is 10.8. The molecule has 0 N–H and O–H groups in total. The molecule has 6 rings (SSSR count). The highest BCUT2D eigenvalue weighted by atomic mass is 127. The smallest absolute Gasteiger partial charge is 0.410 e. The van der Waals surface area contributed by atoms with Crippen LogP contribution in [-0.4, -0.2) is 30.4 Å². The zero-order chi connectivity index (χ0) is 31.2. The molecule has 1 saturated heterocycles. The number of alkyl halides is 4. The molecule has 9 heteroatoms. The Hall–Kier alpha value is -1.01. The van der Waals surface area contributed by atoms with Crippen molar-refractivity contribution in [3.05, 3.63) is 63.5 Å². The number of fused-ring (bicyclic) bond motifs is 4. The molecule has 2 fully saturated rings. The van der Waals surface area contributed by atoms with Gasteiger partial charge in [0.1, 0.15) is 11.7 Å². The number of nitrogens with zero attached hydrogens (tertiary/aromatic N) is 1. The maximum absolute atomic E-state index is 13.5. The second-order valence-electron chi connectivity index (χ2n) is 15.2. The van der Waals surface area contributed by atoms with Gasteiger partial charge >= 0.3 is 6.18 Å². The third kappa shape index (κ3) is 5.34. The summed E-state index contributed by atoms with van der Waals surface area (Å²) < 4.78 is 61.2. The lowest BCUT2D eigenvalue weighted by Crippen LogP contribution is -2.48. The molecule has 0 amide bonds. The maximum Gasteiger partial charge on any atom is 0.416 e. The van der Waals surface area contributed by atoms with Gasteiger partial charge in [-0.05, 0) is 72.8 Å². The maximum atomic E-state index is 13.5. The van der Waals surface area contributed by atoms with Crippen molar-refractivity contribution in [2.24, 2.45) is 5.41 Å². The van der Waals surface area contributed by atoms with Crippen molar-refractivity contribution in [2.45, 2.75) is 125 Å². The summed E-state index contributed by atoms with van der Waals surface area (Å²) >= 11 is 2.48. The normalized spacial score (nSPS) is 28.7. The summed E-state index contributed by atoms with van der Waals surface area (Å²) in [7, 11) is -2.16. The summed E-state index contributed by atoms with van der Waals surface area (Å²) in [6.45, 7) is 17.0. The fourth-order valence-corrected chi connectivity index (χ4v) is 9.76. The Kier molecular flexibility index (Phi) is 8.01. The molecule has 2 aliphatic heterocycles. The fourth-order valence-electron chi connectivity index (χ4n) is 7.47. The van der Waals surface area contributed by atoms with Gasteiger partial charge in [-0.2, -0.15) is 13.2 Å². The first-order valence-corrected chi connectivity index (χ1v) is 20.0. The van der Waals surface area contributed by atoms with Crippen molar-refractivity contribution >= 4 is 30.9 Å². The summed E-state index contributed by atoms with van der Waals surface area (Å²) in [6.07, 6.45) is 1.33. The lowest BCUT2D eigenvalue weighted by Gasteiger charge is -2.51. The molecule has 236 valence electrons. The van der Waals surface area contributed by atoms with Crippen LogP contribution in [0.1, 0.15) is 124 Å². The van der Waals surface area contributed by atoms with E-state index in [4.69, 9.17) is 18.9 Å². The van der Waals surface area contributed by atoms with Crippen LogP contribution >= 0.6 is 22.6 Å². The van der Waals surface area contributed by atoms with E-state index in [0.29, 0.717) is 19.6 Å². The minimum atomic E-state index is -4.39. The van der Waals surface area contributed by atoms with Crippen molar-refractivity contribution in [3.8, 4) is 0 Å². The average Bonchev–Trinajstić information content (AvgIpc) is 3.23. The second-order valence-corrected chi connectivity index (χ2v) is 21.5. The summed E-state index contributed by atoms with van der Waals surface area (Å²) in [5.41, 5.74) is 5.31. The van der Waals surface area contributed by atoms with Crippen molar-refractivity contribution in [3.63, 3.8) is 0 Å². The number of hydrogen-bond acceptors (Lipinski definition) is 4. The van der Waals surface area contributed by atoms with Gasteiger partial charge in [-0.25, -0.2) is 0 Å². The molecular formula is C34H45F3INO3Si. The number of benzene rings is 1. The SMILES string of the molecule is CC(C)c1nc2c(c3c1[C@@H](c1ccc(C(F)(F)F)cc1)OC31CCOCC1I)C(O[Si](C)(C)C(C)(C)C)CC1(CCC1)C2. The Labute approximate surface area is 269 Å². The van der Waals surface area contributed by atoms with Crippen molar-refractivity contribution in [2.75, 3.05) is 13.2 Å². The van der Waals surface area contributed by atoms with E-state index in [2.05, 4.69) is 70.3 Å². The number of rotatable bonds is 4. The van der Waals surface area contributed by atoms with E-state index in [1.165, 1.54) is 42.5 Å². The van der Waals surface area contributed by atoms with Crippen LogP contribution in [-0.2, 0) is 32.1 Å². The molecule has 0 bridgehead atoms. The van der Waals surface area contributed by atoms with Crippen LogP contribution in [0, 0.1) is 5.41 Å². The van der Waals surface area contributed by atoms with Crippen molar-refractivity contribution in [1.29, 1.82) is 0 Å². The summed E-state index contributed by atoms with van der Waals surface area (Å²) in [5, 5.41) is 0.0489. The summed E-state index contributed by atoms with van der Waals surface area (Å²) in [6, 6.07) is 5.54. The van der Waals surface area contributed by atoms with Gasteiger partial charge in [0, 0.05) is 41.1 Å². The minimum absolute atomic E-state index is 0.0386. The fraction of sp³-hybridized carbons (Fsp3) is 0.676. The molecule has 2 spiro atoms. The van der Waals surface area contributed by atoms with Gasteiger partial charge in [-0.3, -0.25) is 4.98 Å². The molecule has 43 heavy (non-hydrogen) atoms. The minimum Gasteiger partial charge on any atom is -0.410 e. The molecular weight excluding hydrogens is 682 g/mol. The molecule has 2 aromatic rings. The van der Waals surface area contributed by atoms with E-state index in [1.54, 1.807) is 12.1 Å². The van der Waals surface area contributed by atoms with Gasteiger partial charge in [0.25, 0.3) is 0 Å². The quantitative estimate of drug-likeness (QED) is 0.179. The Morgan fingerprint density at radius 3 is 2.26 bits per heavy atom. The van der Waals surface area contributed by atoms with Crippen LogP contribution in [0.3, 0.4) is 0 Å². The molecule has 1 saturated carbocycles. The number of aromatic nitrogens is 1. The highest BCUT2D eigenvalue weighted by Gasteiger charge is 2.58. The molecule has 0 radical (unpaired) electrons. The highest BCUT2D eigenvalue weighted by molar-refractivity contribution is 14.1. The molecule has 2 aliphatic carbocycles. The lowest BCUT2D eigenvalue weighted by atomic mass is 9.58. The molecule has 4 atom stereocenters. The van der Waals surface area contributed by atoms with Gasteiger partial charge in [0.05, 0.1) is 22.2 Å². The number of ether oxygens (including phenoxy) is 2. The predicted octanol–water partition coefficient (Wildman–Crippen LogP) is 9.94. The topological polar surface area (TPSA) is 40.6 Å². The van der Waals surface area contributed by atoms with Crippen molar-refractivity contribution in [1.82, 2.24) is 4.98 Å². The van der Waals surface area contributed by atoms with E-state index in [-0.39, 0.29) is 26.4 Å². The Balaban J connectivity index is 1.60. The van der Waals surface area contributed by atoms with Crippen LogP contribution in [0.15, 0.2) is 24.3 Å². The van der Waals surface area contributed by atoms with Crippen LogP contribution in [0.25, 0.3) is 0 Å². The van der Waals surface area contributed by atoms with Crippen molar-refractivity contribution < 1.29 is 27.1 Å². The van der Waals surface area contributed by atoms with Crippen LogP contribution in [0.5, 0.6) is 0 Å². The highest BCUT2D eigenvalue weighted by Crippen LogP contribution is 2.62. The first-order chi connectivity index (χ1) is 20.0. The van der Waals surface area contributed by atoms with Gasteiger partial charge in [-0.15, -0.1) is 0 Å². The number of pyridine rings is 1.